The summed E-state index contributed by atoms with van der Waals surface area (Å²) in [6.45, 7) is 22.6. The van der Waals surface area contributed by atoms with Crippen LogP contribution in [0.4, 0.5) is 0 Å². The lowest BCUT2D eigenvalue weighted by Gasteiger charge is -2.47. The van der Waals surface area contributed by atoms with Gasteiger partial charge in [0.2, 0.25) is 0 Å². The van der Waals surface area contributed by atoms with Crippen LogP contribution in [0.25, 0.3) is 0 Å². The fourth-order valence-corrected chi connectivity index (χ4v) is 26.3. The molecule has 0 amide bonds. The predicted molar refractivity (Wildman–Crippen MR) is 90.8 cm³/mol. The second-order valence-corrected chi connectivity index (χ2v) is 21.5. The van der Waals surface area contributed by atoms with Crippen LogP contribution < -0.4 is 0 Å². The molecule has 0 nitrogen and oxygen atoms in total. The molecule has 3 heteroatoms. The van der Waals surface area contributed by atoms with Crippen LogP contribution in [0.3, 0.4) is 0 Å². The van der Waals surface area contributed by atoms with Crippen LogP contribution in [0.1, 0.15) is 62.3 Å². The molecule has 0 aromatic heterocycles. The molecule has 0 spiro atoms. The Morgan fingerprint density at radius 1 is 0.444 bits per heavy atom. The van der Waals surface area contributed by atoms with E-state index in [1.165, 1.54) is 0 Å². The Morgan fingerprint density at radius 2 is 0.611 bits per heavy atom. The van der Waals surface area contributed by atoms with Crippen LogP contribution in [0.2, 0.25) is 32.1 Å². The molecule has 1 aliphatic heterocycles. The molecule has 18 heavy (non-hydrogen) atoms. The van der Waals surface area contributed by atoms with Crippen molar-refractivity contribution in [2.75, 3.05) is 0 Å². The molecule has 1 rings (SSSR count). The quantitative estimate of drug-likeness (QED) is 0.518. The lowest BCUT2D eigenvalue weighted by Crippen LogP contribution is -2.49. The Bertz CT molecular complexity index is 224. The number of hydrogen-bond acceptors (Lipinski definition) is 0. The molecule has 0 bridgehead atoms. The van der Waals surface area contributed by atoms with Gasteiger partial charge in [-0.25, -0.2) is 0 Å². The zero-order valence-corrected chi connectivity index (χ0v) is 17.1. The third kappa shape index (κ3) is 4.34. The van der Waals surface area contributed by atoms with Gasteiger partial charge in [-0.3, -0.25) is 0 Å². The van der Waals surface area contributed by atoms with E-state index in [4.69, 9.17) is 0 Å². The molecule has 0 N–H and O–H groups in total. The Balaban J connectivity index is 2.93. The van der Waals surface area contributed by atoms with Gasteiger partial charge in [0.05, 0.1) is 0 Å². The third-order valence-electron chi connectivity index (χ3n) is 4.46. The standard InChI is InChI=1S/C15H33Si3/c1-13(2,3)16-10-17(14(4,5)6)12-18(11-16)15(7,8)9/h10-12H2,1-9H3. The van der Waals surface area contributed by atoms with Gasteiger partial charge in [0, 0.05) is 26.4 Å². The molecule has 1 fully saturated rings. The summed E-state index contributed by atoms with van der Waals surface area (Å²) in [5.74, 6) is 0. The number of rotatable bonds is 0. The summed E-state index contributed by atoms with van der Waals surface area (Å²) in [6, 6.07) is 0. The molecule has 1 saturated heterocycles. The van der Waals surface area contributed by atoms with Crippen molar-refractivity contribution in [3.8, 4) is 0 Å². The maximum Gasteiger partial charge on any atom is 0.0476 e. The fraction of sp³-hybridized carbons (Fsp3) is 1.00. The normalized spacial score (nSPS) is 22.5. The molecule has 1 heterocycles. The van der Waals surface area contributed by atoms with Crippen molar-refractivity contribution in [2.24, 2.45) is 0 Å². The van der Waals surface area contributed by atoms with Crippen LogP contribution >= 0.6 is 0 Å². The van der Waals surface area contributed by atoms with E-state index in [1.54, 1.807) is 17.0 Å². The van der Waals surface area contributed by atoms with Gasteiger partial charge in [0.1, 0.15) is 0 Å². The Labute approximate surface area is 121 Å². The predicted octanol–water partition coefficient (Wildman–Crippen LogP) is 5.50. The van der Waals surface area contributed by atoms with Gasteiger partial charge in [-0.15, -0.1) is 0 Å². The summed E-state index contributed by atoms with van der Waals surface area (Å²) in [7, 11) is -0.403. The summed E-state index contributed by atoms with van der Waals surface area (Å²) >= 11 is 0. The highest BCUT2D eigenvalue weighted by Gasteiger charge is 2.44. The van der Waals surface area contributed by atoms with Crippen molar-refractivity contribution < 1.29 is 0 Å². The Morgan fingerprint density at radius 3 is 0.722 bits per heavy atom. The van der Waals surface area contributed by atoms with Gasteiger partial charge >= 0.3 is 0 Å². The van der Waals surface area contributed by atoms with E-state index in [1.807, 2.05) is 0 Å². The van der Waals surface area contributed by atoms with Crippen LogP contribution in [-0.4, -0.2) is 26.4 Å². The molecule has 1 aliphatic rings. The minimum Gasteiger partial charge on any atom is -0.0642 e. The zero-order valence-electron chi connectivity index (χ0n) is 14.1. The molecule has 0 atom stereocenters. The Hall–Kier alpha value is 0.651. The van der Waals surface area contributed by atoms with E-state index >= 15 is 0 Å². The number of hydrogen-bond donors (Lipinski definition) is 0. The van der Waals surface area contributed by atoms with Gasteiger partial charge in [-0.2, -0.15) is 0 Å². The van der Waals surface area contributed by atoms with Gasteiger partial charge in [-0.1, -0.05) is 79.3 Å². The first-order valence-corrected chi connectivity index (χ1v) is 13.1. The summed E-state index contributed by atoms with van der Waals surface area (Å²) in [6.07, 6.45) is 0. The van der Waals surface area contributed by atoms with Gasteiger partial charge in [0.25, 0.3) is 0 Å². The first kappa shape index (κ1) is 16.7. The van der Waals surface area contributed by atoms with E-state index in [0.29, 0.717) is 15.1 Å². The molecule has 0 unspecified atom stereocenters. The van der Waals surface area contributed by atoms with Crippen LogP contribution in [0.15, 0.2) is 0 Å². The summed E-state index contributed by atoms with van der Waals surface area (Å²) < 4.78 is 0. The third-order valence-corrected chi connectivity index (χ3v) is 21.1. The minimum atomic E-state index is -0.134. The average Bonchev–Trinajstić information content (AvgIpc) is 2.13. The topological polar surface area (TPSA) is 0 Å². The highest BCUT2D eigenvalue weighted by atomic mass is 28.4. The summed E-state index contributed by atoms with van der Waals surface area (Å²) in [4.78, 5) is 0. The lowest BCUT2D eigenvalue weighted by atomic mass is 10.2. The largest absolute Gasteiger partial charge is 0.0642 e. The van der Waals surface area contributed by atoms with Crippen molar-refractivity contribution in [1.82, 2.24) is 0 Å². The molecule has 0 aliphatic carbocycles. The van der Waals surface area contributed by atoms with E-state index in [0.717, 1.165) is 0 Å². The van der Waals surface area contributed by atoms with Gasteiger partial charge in [0.15, 0.2) is 0 Å². The van der Waals surface area contributed by atoms with Crippen LogP contribution in [0, 0.1) is 0 Å². The molecular weight excluding hydrogens is 264 g/mol. The monoisotopic (exact) mass is 297 g/mol. The van der Waals surface area contributed by atoms with Gasteiger partial charge in [-0.05, 0) is 15.1 Å². The zero-order chi connectivity index (χ0) is 14.4. The lowest BCUT2D eigenvalue weighted by molar-refractivity contribution is 0.702. The van der Waals surface area contributed by atoms with Crippen molar-refractivity contribution in [2.45, 2.75) is 94.4 Å². The van der Waals surface area contributed by atoms with Crippen molar-refractivity contribution in [3.63, 3.8) is 0 Å². The van der Waals surface area contributed by atoms with Crippen LogP contribution in [-0.2, 0) is 0 Å². The Kier molecular flexibility index (Phi) is 4.83. The second kappa shape index (κ2) is 5.21. The first-order chi connectivity index (χ1) is 7.82. The maximum atomic E-state index is 2.51. The maximum absolute atomic E-state index is 2.51. The highest BCUT2D eigenvalue weighted by Crippen LogP contribution is 2.47. The van der Waals surface area contributed by atoms with E-state index in [2.05, 4.69) is 62.3 Å². The summed E-state index contributed by atoms with van der Waals surface area (Å²) in [5.41, 5.74) is 4.98. The second-order valence-electron chi connectivity index (χ2n) is 9.09. The minimum absolute atomic E-state index is 0.134. The molecule has 3 radical (unpaired) electrons. The van der Waals surface area contributed by atoms with Crippen molar-refractivity contribution in [3.05, 3.63) is 0 Å². The van der Waals surface area contributed by atoms with Crippen molar-refractivity contribution in [1.29, 1.82) is 0 Å². The first-order valence-electron chi connectivity index (χ1n) is 7.37. The van der Waals surface area contributed by atoms with Crippen LogP contribution in [0.5, 0.6) is 0 Å². The van der Waals surface area contributed by atoms with E-state index in [9.17, 15) is 0 Å². The highest BCUT2D eigenvalue weighted by molar-refractivity contribution is 6.97. The molecule has 0 saturated carbocycles. The summed E-state index contributed by atoms with van der Waals surface area (Å²) in [5, 5.41) is 1.86. The van der Waals surface area contributed by atoms with E-state index in [-0.39, 0.29) is 26.4 Å². The molecule has 105 valence electrons. The fourth-order valence-electron chi connectivity index (χ4n) is 2.55. The molecule has 0 aromatic carbocycles. The van der Waals surface area contributed by atoms with E-state index < -0.39 is 0 Å². The SMILES string of the molecule is CC(C)(C)[Si]1C[Si](C(C)(C)C)C[Si](C(C)(C)C)C1. The average molecular weight is 298 g/mol. The van der Waals surface area contributed by atoms with Gasteiger partial charge < -0.3 is 0 Å². The smallest absolute Gasteiger partial charge is 0.0476 e. The molecule has 0 aromatic rings. The van der Waals surface area contributed by atoms with Crippen molar-refractivity contribution >= 4 is 26.4 Å². The molecular formula is C15H33Si3.